The number of methoxy groups -OCH3 is 2. The number of para-hydroxylation sites is 2. The van der Waals surface area contributed by atoms with Crippen LogP contribution in [0.4, 0.5) is 5.95 Å². The summed E-state index contributed by atoms with van der Waals surface area (Å²) >= 11 is 0. The van der Waals surface area contributed by atoms with E-state index in [1.54, 1.807) is 20.3 Å². The highest BCUT2D eigenvalue weighted by atomic mass is 16.5. The predicted octanol–water partition coefficient (Wildman–Crippen LogP) is 2.85. The summed E-state index contributed by atoms with van der Waals surface area (Å²) in [7, 11) is 3.25. The van der Waals surface area contributed by atoms with E-state index >= 15 is 0 Å². The van der Waals surface area contributed by atoms with E-state index in [-0.39, 0.29) is 6.04 Å². The summed E-state index contributed by atoms with van der Waals surface area (Å²) in [5, 5.41) is 7.20. The van der Waals surface area contributed by atoms with Gasteiger partial charge in [-0.05, 0) is 24.2 Å². The van der Waals surface area contributed by atoms with Crippen LogP contribution in [-0.2, 0) is 11.3 Å². The molecule has 2 aromatic heterocycles. The fourth-order valence-electron chi connectivity index (χ4n) is 2.43. The number of hydrogen-bond acceptors (Lipinski definition) is 6. The molecule has 0 amide bonds. The molecule has 0 bridgehead atoms. The van der Waals surface area contributed by atoms with Gasteiger partial charge in [0.05, 0.1) is 30.8 Å². The summed E-state index contributed by atoms with van der Waals surface area (Å²) < 4.78 is 17.6. The van der Waals surface area contributed by atoms with Crippen LogP contribution in [0.2, 0.25) is 0 Å². The van der Waals surface area contributed by atoms with Crippen LogP contribution >= 0.6 is 0 Å². The van der Waals surface area contributed by atoms with Crippen molar-refractivity contribution in [1.82, 2.24) is 14.7 Å². The van der Waals surface area contributed by atoms with Crippen molar-refractivity contribution in [3.63, 3.8) is 0 Å². The molecule has 0 aliphatic rings. The molecule has 0 fully saturated rings. The Labute approximate surface area is 134 Å². The fourth-order valence-corrected chi connectivity index (χ4v) is 2.43. The molecule has 1 atom stereocenters. The summed E-state index contributed by atoms with van der Waals surface area (Å²) in [4.78, 5) is 4.66. The van der Waals surface area contributed by atoms with Crippen LogP contribution in [0.25, 0.3) is 11.0 Å². The second-order valence-corrected chi connectivity index (χ2v) is 5.21. The number of nitrogens with zero attached hydrogens (tertiary/aromatic N) is 3. The molecule has 122 valence electrons. The van der Waals surface area contributed by atoms with E-state index in [1.165, 1.54) is 0 Å². The Hall–Kier alpha value is -2.54. The molecule has 3 rings (SSSR count). The molecule has 2 heterocycles. The molecule has 1 N–H and O–H groups in total. The molecule has 7 heteroatoms. The first kappa shape index (κ1) is 15.4. The molecule has 0 saturated carbocycles. The first-order chi connectivity index (χ1) is 11.2. The van der Waals surface area contributed by atoms with Gasteiger partial charge in [0.25, 0.3) is 5.88 Å². The lowest BCUT2D eigenvalue weighted by atomic mass is 10.2. The smallest absolute Gasteiger partial charge is 0.254 e. The Morgan fingerprint density at radius 3 is 2.87 bits per heavy atom. The van der Waals surface area contributed by atoms with E-state index < -0.39 is 0 Å². The van der Waals surface area contributed by atoms with Crippen molar-refractivity contribution in [3.05, 3.63) is 36.1 Å². The molecule has 0 radical (unpaired) electrons. The lowest BCUT2D eigenvalue weighted by molar-refractivity contribution is 0.188. The normalized spacial score (nSPS) is 12.5. The minimum atomic E-state index is -0.0930. The number of anilines is 1. The lowest BCUT2D eigenvalue weighted by Crippen LogP contribution is -2.13. The average Bonchev–Trinajstić information content (AvgIpc) is 3.17. The van der Waals surface area contributed by atoms with Crippen LogP contribution in [0.15, 0.2) is 34.9 Å². The number of fused-ring (bicyclic) bond motifs is 1. The largest absolute Gasteiger partial charge is 0.479 e. The highest BCUT2D eigenvalue weighted by molar-refractivity contribution is 5.78. The maximum absolute atomic E-state index is 5.29. The zero-order chi connectivity index (χ0) is 16.2. The van der Waals surface area contributed by atoms with Gasteiger partial charge in [0.1, 0.15) is 0 Å². The van der Waals surface area contributed by atoms with Gasteiger partial charge in [0.15, 0.2) is 5.76 Å². The second-order valence-electron chi connectivity index (χ2n) is 5.21. The van der Waals surface area contributed by atoms with Crippen LogP contribution in [0, 0.1) is 0 Å². The third-order valence-electron chi connectivity index (χ3n) is 3.66. The molecular formula is C16H20N4O3. The van der Waals surface area contributed by atoms with Crippen LogP contribution in [0.3, 0.4) is 0 Å². The molecule has 3 aromatic rings. The van der Waals surface area contributed by atoms with Crippen molar-refractivity contribution in [2.24, 2.45) is 0 Å². The molecular weight excluding hydrogens is 296 g/mol. The van der Waals surface area contributed by atoms with Crippen molar-refractivity contribution in [1.29, 1.82) is 0 Å². The Kier molecular flexibility index (Phi) is 4.47. The number of aromatic nitrogens is 3. The molecule has 0 saturated heterocycles. The molecule has 0 aliphatic heterocycles. The monoisotopic (exact) mass is 316 g/mol. The first-order valence-electron chi connectivity index (χ1n) is 7.44. The van der Waals surface area contributed by atoms with Crippen LogP contribution < -0.4 is 10.1 Å². The topological polar surface area (TPSA) is 74.3 Å². The molecule has 1 unspecified atom stereocenters. The number of rotatable bonds is 7. The minimum absolute atomic E-state index is 0.0930. The standard InChI is InChI=1S/C16H20N4O3/c1-11(14-10-15(22-3)19-23-14)17-16-18-12-6-4-5-7-13(12)20(16)8-9-21-2/h4-7,10-11H,8-9H2,1-3H3,(H,17,18). The van der Waals surface area contributed by atoms with E-state index in [2.05, 4.69) is 20.0 Å². The van der Waals surface area contributed by atoms with E-state index in [1.807, 2.05) is 31.2 Å². The number of benzene rings is 1. The van der Waals surface area contributed by atoms with Gasteiger partial charge in [-0.25, -0.2) is 4.98 Å². The Morgan fingerprint density at radius 2 is 2.13 bits per heavy atom. The lowest BCUT2D eigenvalue weighted by Gasteiger charge is -2.14. The third-order valence-corrected chi connectivity index (χ3v) is 3.66. The summed E-state index contributed by atoms with van der Waals surface area (Å²) in [6.45, 7) is 3.31. The maximum atomic E-state index is 5.29. The Balaban J connectivity index is 1.88. The van der Waals surface area contributed by atoms with E-state index in [0.29, 0.717) is 24.8 Å². The van der Waals surface area contributed by atoms with Gasteiger partial charge < -0.3 is 23.9 Å². The fraction of sp³-hybridized carbons (Fsp3) is 0.375. The Bertz CT molecular complexity index is 781. The van der Waals surface area contributed by atoms with Crippen molar-refractivity contribution < 1.29 is 14.0 Å². The SMILES string of the molecule is COCCn1c(NC(C)c2cc(OC)no2)nc2ccccc21. The highest BCUT2D eigenvalue weighted by Crippen LogP contribution is 2.25. The Morgan fingerprint density at radius 1 is 1.30 bits per heavy atom. The van der Waals surface area contributed by atoms with E-state index in [9.17, 15) is 0 Å². The molecule has 23 heavy (non-hydrogen) atoms. The summed E-state index contributed by atoms with van der Waals surface area (Å²) in [6.07, 6.45) is 0. The summed E-state index contributed by atoms with van der Waals surface area (Å²) in [5.74, 6) is 1.92. The van der Waals surface area contributed by atoms with Gasteiger partial charge in [0.2, 0.25) is 5.95 Å². The third kappa shape index (κ3) is 3.14. The molecule has 0 aliphatic carbocycles. The molecule has 7 nitrogen and oxygen atoms in total. The zero-order valence-corrected chi connectivity index (χ0v) is 13.4. The van der Waals surface area contributed by atoms with Crippen LogP contribution in [0.1, 0.15) is 18.7 Å². The van der Waals surface area contributed by atoms with E-state index in [4.69, 9.17) is 14.0 Å². The van der Waals surface area contributed by atoms with Crippen LogP contribution in [0.5, 0.6) is 5.88 Å². The maximum Gasteiger partial charge on any atom is 0.254 e. The number of imidazole rings is 1. The highest BCUT2D eigenvalue weighted by Gasteiger charge is 2.17. The quantitative estimate of drug-likeness (QED) is 0.722. The number of hydrogen-bond donors (Lipinski definition) is 1. The first-order valence-corrected chi connectivity index (χ1v) is 7.44. The van der Waals surface area contributed by atoms with Gasteiger partial charge in [-0.15, -0.1) is 0 Å². The van der Waals surface area contributed by atoms with Gasteiger partial charge in [0, 0.05) is 19.7 Å². The van der Waals surface area contributed by atoms with Gasteiger partial charge in [-0.3, -0.25) is 0 Å². The van der Waals surface area contributed by atoms with Crippen molar-refractivity contribution in [3.8, 4) is 5.88 Å². The van der Waals surface area contributed by atoms with Crippen LogP contribution in [-0.4, -0.2) is 35.5 Å². The second kappa shape index (κ2) is 6.70. The van der Waals surface area contributed by atoms with Gasteiger partial charge in [-0.2, -0.15) is 0 Å². The molecule has 0 spiro atoms. The van der Waals surface area contributed by atoms with E-state index in [0.717, 1.165) is 17.0 Å². The summed E-state index contributed by atoms with van der Waals surface area (Å²) in [5.41, 5.74) is 2.00. The molecule has 1 aromatic carbocycles. The van der Waals surface area contributed by atoms with Gasteiger partial charge >= 0.3 is 0 Å². The summed E-state index contributed by atoms with van der Waals surface area (Å²) in [6, 6.07) is 9.69. The zero-order valence-electron chi connectivity index (χ0n) is 13.4. The van der Waals surface area contributed by atoms with Gasteiger partial charge in [-0.1, -0.05) is 12.1 Å². The minimum Gasteiger partial charge on any atom is -0.479 e. The van der Waals surface area contributed by atoms with Crippen molar-refractivity contribution in [2.75, 3.05) is 26.1 Å². The van der Waals surface area contributed by atoms with Crippen molar-refractivity contribution >= 4 is 17.0 Å². The average molecular weight is 316 g/mol. The van der Waals surface area contributed by atoms with Crippen molar-refractivity contribution in [2.45, 2.75) is 19.5 Å². The number of ether oxygens (including phenoxy) is 2. The predicted molar refractivity (Wildman–Crippen MR) is 86.7 cm³/mol. The number of nitrogens with one attached hydrogen (secondary N) is 1.